The monoisotopic (exact) mass is 300 g/mol. The third kappa shape index (κ3) is 2.97. The molecule has 0 heterocycles. The standard InChI is InChI=1S/C21H32O/c1-4-18-9-10-20-17(6-5-11-21(18,20)3)8-7-16-12-15(2)13-19(22)14-16/h4,7-8,15,18-20,22H,1,5-6,9-14H2,2-3H3/b16-7+,17-8+. The number of rotatable bonds is 2. The van der Waals surface area contributed by atoms with Crippen LogP contribution in [0.1, 0.15) is 65.2 Å². The Kier molecular flexibility index (Phi) is 4.64. The Morgan fingerprint density at radius 2 is 2.05 bits per heavy atom. The maximum atomic E-state index is 9.97. The molecule has 0 spiro atoms. The molecule has 22 heavy (non-hydrogen) atoms. The van der Waals surface area contributed by atoms with E-state index in [1.807, 2.05) is 0 Å². The molecular weight excluding hydrogens is 268 g/mol. The van der Waals surface area contributed by atoms with Gasteiger partial charge in [-0.05, 0) is 74.5 Å². The van der Waals surface area contributed by atoms with E-state index in [9.17, 15) is 5.11 Å². The van der Waals surface area contributed by atoms with Crippen LogP contribution in [0.15, 0.2) is 36.0 Å². The summed E-state index contributed by atoms with van der Waals surface area (Å²) < 4.78 is 0. The normalized spacial score (nSPS) is 46.0. The molecule has 0 aromatic carbocycles. The molecule has 0 aromatic rings. The van der Waals surface area contributed by atoms with Gasteiger partial charge in [0.15, 0.2) is 0 Å². The van der Waals surface area contributed by atoms with Gasteiger partial charge >= 0.3 is 0 Å². The minimum atomic E-state index is -0.123. The van der Waals surface area contributed by atoms with E-state index in [1.165, 1.54) is 37.7 Å². The minimum Gasteiger partial charge on any atom is -0.393 e. The predicted octanol–water partition coefficient (Wildman–Crippen LogP) is 5.42. The van der Waals surface area contributed by atoms with E-state index in [0.29, 0.717) is 17.3 Å². The highest BCUT2D eigenvalue weighted by Gasteiger charge is 2.47. The van der Waals surface area contributed by atoms with Crippen molar-refractivity contribution in [2.75, 3.05) is 0 Å². The number of hydrogen-bond acceptors (Lipinski definition) is 1. The summed E-state index contributed by atoms with van der Waals surface area (Å²) in [5.74, 6) is 2.08. The second-order valence-electron chi connectivity index (χ2n) is 8.30. The quantitative estimate of drug-likeness (QED) is 0.675. The molecule has 0 amide bonds. The first-order chi connectivity index (χ1) is 10.5. The molecule has 3 rings (SSSR count). The van der Waals surface area contributed by atoms with Crippen LogP contribution >= 0.6 is 0 Å². The highest BCUT2D eigenvalue weighted by Crippen LogP contribution is 2.57. The van der Waals surface area contributed by atoms with Crippen molar-refractivity contribution in [3.63, 3.8) is 0 Å². The first kappa shape index (κ1) is 16.1. The predicted molar refractivity (Wildman–Crippen MR) is 93.6 cm³/mol. The Morgan fingerprint density at radius 3 is 2.77 bits per heavy atom. The smallest absolute Gasteiger partial charge is 0.0580 e. The van der Waals surface area contributed by atoms with Crippen molar-refractivity contribution in [2.24, 2.45) is 23.2 Å². The van der Waals surface area contributed by atoms with Gasteiger partial charge < -0.3 is 5.11 Å². The van der Waals surface area contributed by atoms with Crippen LogP contribution in [0.2, 0.25) is 0 Å². The molecule has 1 nitrogen and oxygen atoms in total. The number of allylic oxidation sites excluding steroid dienone is 4. The number of hydrogen-bond donors (Lipinski definition) is 1. The Morgan fingerprint density at radius 1 is 1.23 bits per heavy atom. The van der Waals surface area contributed by atoms with Gasteiger partial charge in [-0.1, -0.05) is 43.2 Å². The lowest BCUT2D eigenvalue weighted by atomic mass is 9.63. The zero-order valence-corrected chi connectivity index (χ0v) is 14.4. The Hall–Kier alpha value is -0.820. The fraction of sp³-hybridized carbons (Fsp3) is 0.714. The van der Waals surface area contributed by atoms with Crippen LogP contribution in [0, 0.1) is 23.2 Å². The van der Waals surface area contributed by atoms with Crippen LogP contribution in [-0.4, -0.2) is 11.2 Å². The van der Waals surface area contributed by atoms with Gasteiger partial charge in [-0.2, -0.15) is 0 Å². The zero-order chi connectivity index (χ0) is 15.7. The van der Waals surface area contributed by atoms with Crippen LogP contribution in [0.25, 0.3) is 0 Å². The highest BCUT2D eigenvalue weighted by molar-refractivity contribution is 5.26. The molecule has 1 heteroatoms. The van der Waals surface area contributed by atoms with E-state index in [4.69, 9.17) is 0 Å². The maximum Gasteiger partial charge on any atom is 0.0580 e. The molecular formula is C21H32O. The van der Waals surface area contributed by atoms with Crippen molar-refractivity contribution in [3.8, 4) is 0 Å². The van der Waals surface area contributed by atoms with E-state index >= 15 is 0 Å². The molecule has 1 N–H and O–H groups in total. The van der Waals surface area contributed by atoms with Crippen molar-refractivity contribution in [1.82, 2.24) is 0 Å². The SMILES string of the molecule is C=CC1CCC2/C(=C/C=C3\CC(C)CC(O)C3)CCCC12C. The van der Waals surface area contributed by atoms with Gasteiger partial charge in [0.1, 0.15) is 0 Å². The lowest BCUT2D eigenvalue weighted by Crippen LogP contribution is -2.32. The van der Waals surface area contributed by atoms with Crippen LogP contribution in [0.3, 0.4) is 0 Å². The minimum absolute atomic E-state index is 0.123. The highest BCUT2D eigenvalue weighted by atomic mass is 16.3. The molecule has 0 aromatic heterocycles. The molecule has 3 saturated carbocycles. The first-order valence-electron chi connectivity index (χ1n) is 9.22. The molecule has 5 atom stereocenters. The maximum absolute atomic E-state index is 9.97. The lowest BCUT2D eigenvalue weighted by molar-refractivity contribution is 0.128. The van der Waals surface area contributed by atoms with E-state index in [0.717, 1.165) is 25.2 Å². The fourth-order valence-corrected chi connectivity index (χ4v) is 5.49. The zero-order valence-electron chi connectivity index (χ0n) is 14.4. The van der Waals surface area contributed by atoms with Gasteiger partial charge in [0.25, 0.3) is 0 Å². The summed E-state index contributed by atoms with van der Waals surface area (Å²) >= 11 is 0. The molecule has 3 fully saturated rings. The Balaban J connectivity index is 1.78. The average Bonchev–Trinajstić information content (AvgIpc) is 2.80. The second kappa shape index (κ2) is 6.35. The van der Waals surface area contributed by atoms with Crippen molar-refractivity contribution >= 4 is 0 Å². The molecule has 0 aliphatic heterocycles. The van der Waals surface area contributed by atoms with Gasteiger partial charge in [-0.3, -0.25) is 0 Å². The van der Waals surface area contributed by atoms with Crippen LogP contribution < -0.4 is 0 Å². The number of aliphatic hydroxyl groups is 1. The summed E-state index contributed by atoms with van der Waals surface area (Å²) in [7, 11) is 0. The summed E-state index contributed by atoms with van der Waals surface area (Å²) in [6, 6.07) is 0. The van der Waals surface area contributed by atoms with Crippen LogP contribution in [-0.2, 0) is 0 Å². The van der Waals surface area contributed by atoms with E-state index in [1.54, 1.807) is 5.57 Å². The fourth-order valence-electron chi connectivity index (χ4n) is 5.49. The summed E-state index contributed by atoms with van der Waals surface area (Å²) in [6.07, 6.45) is 16.5. The molecule has 0 radical (unpaired) electrons. The van der Waals surface area contributed by atoms with E-state index in [2.05, 4.69) is 38.7 Å². The van der Waals surface area contributed by atoms with Gasteiger partial charge in [0, 0.05) is 0 Å². The third-order valence-electron chi connectivity index (χ3n) is 6.64. The third-order valence-corrected chi connectivity index (χ3v) is 6.64. The van der Waals surface area contributed by atoms with Crippen molar-refractivity contribution < 1.29 is 5.11 Å². The molecule has 0 bridgehead atoms. The second-order valence-corrected chi connectivity index (χ2v) is 8.30. The van der Waals surface area contributed by atoms with Gasteiger partial charge in [-0.25, -0.2) is 0 Å². The molecule has 3 aliphatic carbocycles. The van der Waals surface area contributed by atoms with Crippen LogP contribution in [0.4, 0.5) is 0 Å². The van der Waals surface area contributed by atoms with Crippen molar-refractivity contribution in [1.29, 1.82) is 0 Å². The van der Waals surface area contributed by atoms with Crippen LogP contribution in [0.5, 0.6) is 0 Å². The molecule has 3 aliphatic rings. The van der Waals surface area contributed by atoms with Gasteiger partial charge in [-0.15, -0.1) is 6.58 Å². The van der Waals surface area contributed by atoms with Gasteiger partial charge in [0.05, 0.1) is 6.10 Å². The summed E-state index contributed by atoms with van der Waals surface area (Å²) in [4.78, 5) is 0. The topological polar surface area (TPSA) is 20.2 Å². The summed E-state index contributed by atoms with van der Waals surface area (Å²) in [5, 5.41) is 9.97. The summed E-state index contributed by atoms with van der Waals surface area (Å²) in [6.45, 7) is 8.83. The average molecular weight is 300 g/mol. The Bertz CT molecular complexity index is 474. The van der Waals surface area contributed by atoms with E-state index in [-0.39, 0.29) is 6.10 Å². The van der Waals surface area contributed by atoms with Crippen molar-refractivity contribution in [3.05, 3.63) is 36.0 Å². The number of fused-ring (bicyclic) bond motifs is 1. The lowest BCUT2D eigenvalue weighted by Gasteiger charge is -2.41. The molecule has 5 unspecified atom stereocenters. The molecule has 122 valence electrons. The first-order valence-corrected chi connectivity index (χ1v) is 9.22. The summed E-state index contributed by atoms with van der Waals surface area (Å²) in [5.41, 5.74) is 3.56. The van der Waals surface area contributed by atoms with Crippen molar-refractivity contribution in [2.45, 2.75) is 71.3 Å². The largest absolute Gasteiger partial charge is 0.393 e. The Labute approximate surface area is 136 Å². The number of aliphatic hydroxyl groups excluding tert-OH is 1. The van der Waals surface area contributed by atoms with E-state index < -0.39 is 0 Å². The molecule has 0 saturated heterocycles. The van der Waals surface area contributed by atoms with Gasteiger partial charge in [0.2, 0.25) is 0 Å².